The number of amides is 1. The molecule has 2 aromatic carbocycles. The number of rotatable bonds is 9. The Morgan fingerprint density at radius 3 is 2.37 bits per heavy atom. The molecule has 0 aliphatic rings. The summed E-state index contributed by atoms with van der Waals surface area (Å²) >= 11 is 0. The van der Waals surface area contributed by atoms with Crippen LogP contribution in [0.1, 0.15) is 30.5 Å². The Kier molecular flexibility index (Phi) is 8.08. The van der Waals surface area contributed by atoms with Gasteiger partial charge >= 0.3 is 12.3 Å². The first-order valence-electron chi connectivity index (χ1n) is 9.13. The minimum atomic E-state index is -4.78. The van der Waals surface area contributed by atoms with Crippen molar-refractivity contribution in [3.63, 3.8) is 0 Å². The monoisotopic (exact) mass is 425 g/mol. The molecule has 0 spiro atoms. The predicted molar refractivity (Wildman–Crippen MR) is 102 cm³/mol. The van der Waals surface area contributed by atoms with Crippen LogP contribution in [0.2, 0.25) is 0 Å². The molecule has 0 aromatic heterocycles. The number of carbonyl (C=O) groups excluding carboxylic acids is 2. The number of carbonyl (C=O) groups is 2. The molecule has 2 aromatic rings. The number of nitrogens with one attached hydrogen (secondary N) is 1. The SMILES string of the molecule is CCOC(=O)CC(NC(=O)Cc1ccc(OC(F)(F)F)cc1)c1cccc(OC)c1. The summed E-state index contributed by atoms with van der Waals surface area (Å²) < 4.78 is 50.7. The van der Waals surface area contributed by atoms with Crippen LogP contribution in [-0.2, 0) is 20.7 Å². The van der Waals surface area contributed by atoms with Crippen LogP contribution in [0.4, 0.5) is 13.2 Å². The predicted octanol–water partition coefficient (Wildman–Crippen LogP) is 3.95. The molecular formula is C21H22F3NO5. The van der Waals surface area contributed by atoms with E-state index in [2.05, 4.69) is 10.1 Å². The van der Waals surface area contributed by atoms with Crippen molar-refractivity contribution in [1.82, 2.24) is 5.32 Å². The van der Waals surface area contributed by atoms with Gasteiger partial charge in [-0.05, 0) is 42.3 Å². The summed E-state index contributed by atoms with van der Waals surface area (Å²) in [5.41, 5.74) is 1.15. The molecule has 162 valence electrons. The lowest BCUT2D eigenvalue weighted by atomic mass is 10.0. The van der Waals surface area contributed by atoms with E-state index in [1.165, 1.54) is 19.2 Å². The quantitative estimate of drug-likeness (QED) is 0.616. The standard InChI is InChI=1S/C21H22F3NO5/c1-3-29-20(27)13-18(15-5-4-6-17(12-15)28-2)25-19(26)11-14-7-9-16(10-8-14)30-21(22,23)24/h4-10,12,18H,3,11,13H2,1-2H3,(H,25,26). The third kappa shape index (κ3) is 7.65. The van der Waals surface area contributed by atoms with Crippen LogP contribution in [0, 0.1) is 0 Å². The maximum Gasteiger partial charge on any atom is 0.573 e. The summed E-state index contributed by atoms with van der Waals surface area (Å²) in [7, 11) is 1.50. The van der Waals surface area contributed by atoms with Crippen LogP contribution in [0.3, 0.4) is 0 Å². The lowest BCUT2D eigenvalue weighted by Gasteiger charge is -2.19. The van der Waals surface area contributed by atoms with Gasteiger partial charge in [-0.2, -0.15) is 0 Å². The highest BCUT2D eigenvalue weighted by Crippen LogP contribution is 2.24. The fourth-order valence-corrected chi connectivity index (χ4v) is 2.74. The lowest BCUT2D eigenvalue weighted by molar-refractivity contribution is -0.274. The number of benzene rings is 2. The van der Waals surface area contributed by atoms with Crippen LogP contribution < -0.4 is 14.8 Å². The molecule has 0 fully saturated rings. The van der Waals surface area contributed by atoms with Crippen molar-refractivity contribution in [3.8, 4) is 11.5 Å². The van der Waals surface area contributed by atoms with Crippen LogP contribution in [0.15, 0.2) is 48.5 Å². The summed E-state index contributed by atoms with van der Waals surface area (Å²) in [5.74, 6) is -0.685. The maximum atomic E-state index is 12.5. The van der Waals surface area contributed by atoms with Crippen LogP contribution in [0.25, 0.3) is 0 Å². The second kappa shape index (κ2) is 10.5. The Balaban J connectivity index is 2.08. The Labute approximate surface area is 171 Å². The minimum Gasteiger partial charge on any atom is -0.497 e. The van der Waals surface area contributed by atoms with Gasteiger partial charge in [0.25, 0.3) is 0 Å². The third-order valence-corrected chi connectivity index (χ3v) is 4.03. The van der Waals surface area contributed by atoms with Gasteiger partial charge in [-0.25, -0.2) is 0 Å². The Morgan fingerprint density at radius 1 is 1.07 bits per heavy atom. The Hall–Kier alpha value is -3.23. The van der Waals surface area contributed by atoms with E-state index in [1.807, 2.05) is 0 Å². The summed E-state index contributed by atoms with van der Waals surface area (Å²) in [6, 6.07) is 11.3. The number of hydrogen-bond acceptors (Lipinski definition) is 5. The molecule has 1 amide bonds. The largest absolute Gasteiger partial charge is 0.573 e. The molecule has 1 N–H and O–H groups in total. The normalized spacial score (nSPS) is 12.0. The average molecular weight is 425 g/mol. The molecular weight excluding hydrogens is 403 g/mol. The van der Waals surface area contributed by atoms with E-state index >= 15 is 0 Å². The molecule has 0 radical (unpaired) electrons. The van der Waals surface area contributed by atoms with Crippen molar-refractivity contribution in [2.75, 3.05) is 13.7 Å². The molecule has 0 aliphatic heterocycles. The lowest BCUT2D eigenvalue weighted by Crippen LogP contribution is -2.31. The van der Waals surface area contributed by atoms with Gasteiger partial charge in [-0.1, -0.05) is 24.3 Å². The van der Waals surface area contributed by atoms with E-state index < -0.39 is 24.3 Å². The van der Waals surface area contributed by atoms with E-state index in [1.54, 1.807) is 31.2 Å². The van der Waals surface area contributed by atoms with Crippen molar-refractivity contribution >= 4 is 11.9 Å². The van der Waals surface area contributed by atoms with Crippen LogP contribution in [0.5, 0.6) is 11.5 Å². The Morgan fingerprint density at radius 2 is 1.77 bits per heavy atom. The zero-order valence-corrected chi connectivity index (χ0v) is 16.5. The molecule has 2 rings (SSSR count). The summed E-state index contributed by atoms with van der Waals surface area (Å²) in [4.78, 5) is 24.5. The highest BCUT2D eigenvalue weighted by molar-refractivity contribution is 5.80. The zero-order chi connectivity index (χ0) is 22.1. The average Bonchev–Trinajstić information content (AvgIpc) is 2.68. The fraction of sp³-hybridized carbons (Fsp3) is 0.333. The molecule has 1 atom stereocenters. The molecule has 0 saturated heterocycles. The number of alkyl halides is 3. The van der Waals surface area contributed by atoms with Gasteiger partial charge < -0.3 is 19.5 Å². The highest BCUT2D eigenvalue weighted by Gasteiger charge is 2.31. The third-order valence-electron chi connectivity index (χ3n) is 4.03. The molecule has 6 nitrogen and oxygen atoms in total. The number of esters is 1. The van der Waals surface area contributed by atoms with Crippen molar-refractivity contribution in [2.45, 2.75) is 32.2 Å². The van der Waals surface area contributed by atoms with E-state index in [0.29, 0.717) is 16.9 Å². The van der Waals surface area contributed by atoms with Crippen molar-refractivity contribution in [2.24, 2.45) is 0 Å². The highest BCUT2D eigenvalue weighted by atomic mass is 19.4. The summed E-state index contributed by atoms with van der Waals surface area (Å²) in [6.45, 7) is 1.90. The molecule has 0 bridgehead atoms. The summed E-state index contributed by atoms with van der Waals surface area (Å²) in [5, 5.41) is 2.77. The van der Waals surface area contributed by atoms with Crippen molar-refractivity contribution in [3.05, 3.63) is 59.7 Å². The van der Waals surface area contributed by atoms with Gasteiger partial charge in [0.15, 0.2) is 0 Å². The number of methoxy groups -OCH3 is 1. The first-order chi connectivity index (χ1) is 14.2. The first-order valence-corrected chi connectivity index (χ1v) is 9.13. The Bertz CT molecular complexity index is 852. The van der Waals surface area contributed by atoms with Gasteiger partial charge in [-0.3, -0.25) is 9.59 Å². The molecule has 0 heterocycles. The maximum absolute atomic E-state index is 12.5. The van der Waals surface area contributed by atoms with Gasteiger partial charge in [-0.15, -0.1) is 13.2 Å². The van der Waals surface area contributed by atoms with E-state index in [0.717, 1.165) is 12.1 Å². The zero-order valence-electron chi connectivity index (χ0n) is 16.5. The molecule has 9 heteroatoms. The molecule has 0 saturated carbocycles. The molecule has 0 aliphatic carbocycles. The molecule has 1 unspecified atom stereocenters. The smallest absolute Gasteiger partial charge is 0.497 e. The second-order valence-electron chi connectivity index (χ2n) is 6.27. The number of hydrogen-bond donors (Lipinski definition) is 1. The van der Waals surface area contributed by atoms with Crippen molar-refractivity contribution in [1.29, 1.82) is 0 Å². The minimum absolute atomic E-state index is 0.0783. The number of ether oxygens (including phenoxy) is 3. The van der Waals surface area contributed by atoms with Crippen LogP contribution >= 0.6 is 0 Å². The van der Waals surface area contributed by atoms with Gasteiger partial charge in [0.1, 0.15) is 11.5 Å². The topological polar surface area (TPSA) is 73.9 Å². The first kappa shape index (κ1) is 23.1. The van der Waals surface area contributed by atoms with Gasteiger partial charge in [0.2, 0.25) is 5.91 Å². The van der Waals surface area contributed by atoms with Gasteiger partial charge in [0, 0.05) is 0 Å². The van der Waals surface area contributed by atoms with Crippen LogP contribution in [-0.4, -0.2) is 32.0 Å². The summed E-state index contributed by atoms with van der Waals surface area (Å²) in [6.07, 6.45) is -4.95. The van der Waals surface area contributed by atoms with E-state index in [-0.39, 0.29) is 25.2 Å². The second-order valence-corrected chi connectivity index (χ2v) is 6.27. The van der Waals surface area contributed by atoms with E-state index in [9.17, 15) is 22.8 Å². The molecule has 30 heavy (non-hydrogen) atoms. The fourth-order valence-electron chi connectivity index (χ4n) is 2.74. The van der Waals surface area contributed by atoms with Crippen molar-refractivity contribution < 1.29 is 37.0 Å². The van der Waals surface area contributed by atoms with Gasteiger partial charge in [0.05, 0.1) is 32.6 Å². The number of halogens is 3. The van der Waals surface area contributed by atoms with E-state index in [4.69, 9.17) is 9.47 Å².